The number of hydrogen-bond donors (Lipinski definition) is 0. The van der Waals surface area contributed by atoms with Crippen LogP contribution < -0.4 is 9.47 Å². The zero-order valence-electron chi connectivity index (χ0n) is 12.1. The summed E-state index contributed by atoms with van der Waals surface area (Å²) in [6.45, 7) is 5.93. The Labute approximate surface area is 114 Å². The van der Waals surface area contributed by atoms with E-state index in [0.717, 1.165) is 10.8 Å². The molecular weight excluding hydrogens is 246 g/mol. The summed E-state index contributed by atoms with van der Waals surface area (Å²) >= 11 is 0. The van der Waals surface area contributed by atoms with Gasteiger partial charge in [-0.15, -0.1) is 0 Å². The summed E-state index contributed by atoms with van der Waals surface area (Å²) in [4.78, 5) is 16.9. The van der Waals surface area contributed by atoms with Gasteiger partial charge in [0.2, 0.25) is 0 Å². The lowest BCUT2D eigenvalue weighted by Gasteiger charge is -2.28. The van der Waals surface area contributed by atoms with Crippen LogP contribution in [0.4, 0.5) is 0 Å². The summed E-state index contributed by atoms with van der Waals surface area (Å²) in [7, 11) is 2.98. The van der Waals surface area contributed by atoms with Crippen molar-refractivity contribution >= 4 is 5.91 Å². The number of ether oxygens (including phenoxy) is 2. The van der Waals surface area contributed by atoms with Gasteiger partial charge in [0.25, 0.3) is 5.91 Å². The van der Waals surface area contributed by atoms with Crippen molar-refractivity contribution in [1.82, 2.24) is 5.06 Å². The first-order valence-corrected chi connectivity index (χ1v) is 6.15. The highest BCUT2D eigenvalue weighted by molar-refractivity contribution is 5.83. The second-order valence-corrected chi connectivity index (χ2v) is 4.50. The van der Waals surface area contributed by atoms with Gasteiger partial charge in [-0.3, -0.25) is 9.63 Å². The van der Waals surface area contributed by atoms with Crippen molar-refractivity contribution < 1.29 is 19.1 Å². The number of amides is 1. The number of benzene rings is 1. The largest absolute Gasteiger partial charge is 0.494 e. The van der Waals surface area contributed by atoms with Gasteiger partial charge in [-0.05, 0) is 45.0 Å². The number of hydroxylamine groups is 2. The quantitative estimate of drug-likeness (QED) is 0.742. The Morgan fingerprint density at radius 2 is 1.74 bits per heavy atom. The van der Waals surface area contributed by atoms with Crippen LogP contribution in [0.3, 0.4) is 0 Å². The van der Waals surface area contributed by atoms with E-state index in [9.17, 15) is 4.79 Å². The molecule has 0 spiro atoms. The smallest absolute Gasteiger partial charge is 0.289 e. The van der Waals surface area contributed by atoms with Crippen molar-refractivity contribution in [3.05, 3.63) is 24.3 Å². The van der Waals surface area contributed by atoms with Crippen molar-refractivity contribution in [2.45, 2.75) is 26.4 Å². The fourth-order valence-electron chi connectivity index (χ4n) is 1.57. The summed E-state index contributed by atoms with van der Waals surface area (Å²) in [5, 5.41) is 1.15. The molecule has 0 aromatic heterocycles. The molecule has 0 aliphatic carbocycles. The fourth-order valence-corrected chi connectivity index (χ4v) is 1.57. The number of carbonyl (C=O) groups is 1. The van der Waals surface area contributed by atoms with Gasteiger partial charge in [0.05, 0.1) is 13.7 Å². The monoisotopic (exact) mass is 267 g/mol. The van der Waals surface area contributed by atoms with E-state index in [1.54, 1.807) is 45.2 Å². The Morgan fingerprint density at radius 1 is 1.21 bits per heavy atom. The molecule has 1 amide bonds. The first kappa shape index (κ1) is 15.3. The maximum Gasteiger partial charge on any atom is 0.289 e. The minimum atomic E-state index is -1.00. The van der Waals surface area contributed by atoms with Gasteiger partial charge in [-0.25, -0.2) is 5.06 Å². The third kappa shape index (κ3) is 4.13. The molecule has 0 heterocycles. The van der Waals surface area contributed by atoms with E-state index in [-0.39, 0.29) is 5.91 Å². The second-order valence-electron chi connectivity index (χ2n) is 4.50. The van der Waals surface area contributed by atoms with Crippen LogP contribution in [0.15, 0.2) is 24.3 Å². The van der Waals surface area contributed by atoms with Gasteiger partial charge >= 0.3 is 0 Å². The van der Waals surface area contributed by atoms with E-state index >= 15 is 0 Å². The van der Waals surface area contributed by atoms with Crippen LogP contribution in [0.25, 0.3) is 0 Å². The van der Waals surface area contributed by atoms with Gasteiger partial charge in [0, 0.05) is 7.05 Å². The van der Waals surface area contributed by atoms with E-state index in [2.05, 4.69) is 0 Å². The summed E-state index contributed by atoms with van der Waals surface area (Å²) in [5.41, 5.74) is -1.00. The normalized spacial score (nSPS) is 11.0. The average molecular weight is 267 g/mol. The zero-order chi connectivity index (χ0) is 14.5. The molecule has 106 valence electrons. The molecule has 0 atom stereocenters. The van der Waals surface area contributed by atoms with Crippen molar-refractivity contribution in [3.63, 3.8) is 0 Å². The predicted molar refractivity (Wildman–Crippen MR) is 72.1 cm³/mol. The topological polar surface area (TPSA) is 48.0 Å². The molecule has 0 aliphatic heterocycles. The Balaban J connectivity index is 2.74. The third-order valence-corrected chi connectivity index (χ3v) is 2.58. The molecule has 0 bridgehead atoms. The molecule has 1 aromatic carbocycles. The average Bonchev–Trinajstić information content (AvgIpc) is 2.39. The molecular formula is C14H21NO4. The SMILES string of the molecule is CCOc1ccc(OC(C)(C)C(=O)N(C)OC)cc1. The van der Waals surface area contributed by atoms with Crippen molar-refractivity contribution in [2.24, 2.45) is 0 Å². The van der Waals surface area contributed by atoms with Crippen LogP contribution in [0.5, 0.6) is 11.5 Å². The number of hydrogen-bond acceptors (Lipinski definition) is 4. The molecule has 0 N–H and O–H groups in total. The maximum absolute atomic E-state index is 12.0. The molecule has 0 saturated heterocycles. The molecule has 19 heavy (non-hydrogen) atoms. The molecule has 1 rings (SSSR count). The Kier molecular flexibility index (Phi) is 5.18. The number of rotatable bonds is 6. The van der Waals surface area contributed by atoms with Gasteiger partial charge < -0.3 is 9.47 Å². The summed E-state index contributed by atoms with van der Waals surface area (Å²) in [6.07, 6.45) is 0. The van der Waals surface area contributed by atoms with Crippen molar-refractivity contribution in [3.8, 4) is 11.5 Å². The zero-order valence-corrected chi connectivity index (χ0v) is 12.1. The van der Waals surface area contributed by atoms with Crippen LogP contribution in [-0.4, -0.2) is 37.3 Å². The van der Waals surface area contributed by atoms with Crippen LogP contribution in [0.2, 0.25) is 0 Å². The lowest BCUT2D eigenvalue weighted by Crippen LogP contribution is -2.46. The highest BCUT2D eigenvalue weighted by Gasteiger charge is 2.33. The summed E-state index contributed by atoms with van der Waals surface area (Å²) in [5.74, 6) is 1.11. The maximum atomic E-state index is 12.0. The van der Waals surface area contributed by atoms with Crippen molar-refractivity contribution in [2.75, 3.05) is 20.8 Å². The summed E-state index contributed by atoms with van der Waals surface area (Å²) in [6, 6.07) is 7.15. The van der Waals surface area contributed by atoms with E-state index < -0.39 is 5.60 Å². The lowest BCUT2D eigenvalue weighted by atomic mass is 10.1. The Bertz CT molecular complexity index is 414. The highest BCUT2D eigenvalue weighted by Crippen LogP contribution is 2.23. The first-order chi connectivity index (χ1) is 8.90. The lowest BCUT2D eigenvalue weighted by molar-refractivity contribution is -0.183. The molecule has 5 nitrogen and oxygen atoms in total. The second kappa shape index (κ2) is 6.43. The van der Waals surface area contributed by atoms with Crippen LogP contribution in [0, 0.1) is 0 Å². The van der Waals surface area contributed by atoms with Crippen molar-refractivity contribution in [1.29, 1.82) is 0 Å². The van der Waals surface area contributed by atoms with Gasteiger partial charge in [-0.1, -0.05) is 0 Å². The molecule has 0 unspecified atom stereocenters. The molecule has 0 aliphatic rings. The van der Waals surface area contributed by atoms with E-state index in [1.165, 1.54) is 7.11 Å². The Hall–Kier alpha value is -1.75. The number of carbonyl (C=O) groups excluding carboxylic acids is 1. The molecule has 0 saturated carbocycles. The minimum Gasteiger partial charge on any atom is -0.494 e. The number of likely N-dealkylation sites (N-methyl/N-ethyl adjacent to an activating group) is 1. The standard InChI is InChI=1S/C14H21NO4/c1-6-18-11-7-9-12(10-8-11)19-14(2,3)13(16)15(4)17-5/h7-10H,6H2,1-5H3. The third-order valence-electron chi connectivity index (χ3n) is 2.58. The van der Waals surface area contributed by atoms with E-state index in [1.807, 2.05) is 6.92 Å². The predicted octanol–water partition coefficient (Wildman–Crippen LogP) is 2.26. The van der Waals surface area contributed by atoms with Gasteiger partial charge in [0.1, 0.15) is 11.5 Å². The summed E-state index contributed by atoms with van der Waals surface area (Å²) < 4.78 is 11.0. The van der Waals surface area contributed by atoms with Crippen LogP contribution in [0.1, 0.15) is 20.8 Å². The molecule has 0 radical (unpaired) electrons. The Morgan fingerprint density at radius 3 is 2.21 bits per heavy atom. The number of nitrogens with zero attached hydrogens (tertiary/aromatic N) is 1. The minimum absolute atomic E-state index is 0.260. The first-order valence-electron chi connectivity index (χ1n) is 6.15. The fraction of sp³-hybridized carbons (Fsp3) is 0.500. The van der Waals surface area contributed by atoms with Crippen LogP contribution in [-0.2, 0) is 9.63 Å². The molecule has 0 fully saturated rings. The van der Waals surface area contributed by atoms with Gasteiger partial charge in [-0.2, -0.15) is 0 Å². The van der Waals surface area contributed by atoms with Crippen LogP contribution >= 0.6 is 0 Å². The van der Waals surface area contributed by atoms with E-state index in [4.69, 9.17) is 14.3 Å². The highest BCUT2D eigenvalue weighted by atomic mass is 16.7. The van der Waals surface area contributed by atoms with E-state index in [0.29, 0.717) is 12.4 Å². The molecule has 5 heteroatoms. The molecule has 1 aromatic rings. The van der Waals surface area contributed by atoms with Gasteiger partial charge in [0.15, 0.2) is 5.60 Å².